The summed E-state index contributed by atoms with van der Waals surface area (Å²) in [7, 11) is 0. The lowest BCUT2D eigenvalue weighted by atomic mass is 9.54. The lowest BCUT2D eigenvalue weighted by Gasteiger charge is -2.50. The fourth-order valence-electron chi connectivity index (χ4n) is 9.34. The molecule has 3 aliphatic carbocycles. The number of benzene rings is 4. The van der Waals surface area contributed by atoms with Gasteiger partial charge < -0.3 is 0 Å². The molecule has 0 radical (unpaired) electrons. The molecule has 2 saturated carbocycles. The maximum absolute atomic E-state index is 9.56. The predicted molar refractivity (Wildman–Crippen MR) is 185 cm³/mol. The summed E-state index contributed by atoms with van der Waals surface area (Å²) in [4.78, 5) is 15.2. The molecule has 0 saturated heterocycles. The molecule has 46 heavy (non-hydrogen) atoms. The molecule has 0 amide bonds. The number of hydrogen-bond donors (Lipinski definition) is 0. The molecule has 2 unspecified atom stereocenters. The zero-order valence-electron chi connectivity index (χ0n) is 27.2. The van der Waals surface area contributed by atoms with Gasteiger partial charge in [0, 0.05) is 22.1 Å². The molecule has 2 bridgehead atoms. The van der Waals surface area contributed by atoms with E-state index in [4.69, 9.17) is 15.0 Å². The number of aromatic nitrogens is 3. The third kappa shape index (κ3) is 4.76. The second-order valence-electron chi connectivity index (χ2n) is 14.9. The van der Waals surface area contributed by atoms with Crippen LogP contribution in [0.4, 0.5) is 0 Å². The summed E-state index contributed by atoms with van der Waals surface area (Å²) in [6, 6.07) is 34.3. The van der Waals surface area contributed by atoms with Crippen LogP contribution in [0.3, 0.4) is 0 Å². The van der Waals surface area contributed by atoms with E-state index in [0.29, 0.717) is 28.5 Å². The Morgan fingerprint density at radius 2 is 1.24 bits per heavy atom. The van der Waals surface area contributed by atoms with Crippen molar-refractivity contribution in [2.75, 3.05) is 0 Å². The minimum Gasteiger partial charge on any atom is -0.208 e. The van der Waals surface area contributed by atoms with Crippen molar-refractivity contribution in [3.8, 4) is 51.4 Å². The maximum Gasteiger partial charge on any atom is 0.164 e. The highest BCUT2D eigenvalue weighted by Gasteiger charge is 2.45. The van der Waals surface area contributed by atoms with Crippen LogP contribution in [0.25, 0.3) is 45.3 Å². The number of nitrogens with zero attached hydrogens (tertiary/aromatic N) is 4. The van der Waals surface area contributed by atoms with Crippen molar-refractivity contribution in [3.63, 3.8) is 0 Å². The van der Waals surface area contributed by atoms with Gasteiger partial charge in [0.05, 0.1) is 11.6 Å². The highest BCUT2D eigenvalue weighted by Crippen LogP contribution is 2.54. The lowest BCUT2D eigenvalue weighted by molar-refractivity contribution is 0.0780. The van der Waals surface area contributed by atoms with Gasteiger partial charge in [0.2, 0.25) is 0 Å². The second-order valence-corrected chi connectivity index (χ2v) is 14.9. The second kappa shape index (κ2) is 10.7. The van der Waals surface area contributed by atoms with Gasteiger partial charge in [-0.2, -0.15) is 5.26 Å². The first-order valence-electron chi connectivity index (χ1n) is 16.8. The van der Waals surface area contributed by atoms with Crippen molar-refractivity contribution in [2.24, 2.45) is 17.8 Å². The smallest absolute Gasteiger partial charge is 0.164 e. The average Bonchev–Trinajstić information content (AvgIpc) is 3.29. The van der Waals surface area contributed by atoms with Crippen molar-refractivity contribution in [2.45, 2.75) is 70.6 Å². The Hall–Kier alpha value is -4.62. The molecule has 1 heterocycles. The fourth-order valence-corrected chi connectivity index (χ4v) is 9.34. The Balaban J connectivity index is 1.22. The standard InChI is InChI=1S/C42H40N4/c1-26-18-29-19-27(2)23-42(22-26,24-29)33-14-11-31(12-15-33)39-44-38(30-8-6-5-7-9-30)45-40(46-39)32-13-17-36-35(21-32)34-16-10-28(25-43)20-37(34)41(36,3)4/h5-17,20-21,26-27,29H,18-19,22-24H2,1-4H3/t26-,27+,29?,42?. The summed E-state index contributed by atoms with van der Waals surface area (Å²) >= 11 is 0. The molecule has 5 aromatic rings. The first kappa shape index (κ1) is 28.8. The van der Waals surface area contributed by atoms with Crippen LogP contribution < -0.4 is 0 Å². The lowest BCUT2D eigenvalue weighted by Crippen LogP contribution is -2.42. The van der Waals surface area contributed by atoms with Gasteiger partial charge in [-0.3, -0.25) is 0 Å². The van der Waals surface area contributed by atoms with E-state index in [1.807, 2.05) is 30.3 Å². The molecule has 228 valence electrons. The van der Waals surface area contributed by atoms with Crippen molar-refractivity contribution < 1.29 is 0 Å². The Bertz CT molecular complexity index is 1980. The molecule has 0 N–H and O–H groups in total. The zero-order chi connectivity index (χ0) is 31.6. The van der Waals surface area contributed by atoms with Gasteiger partial charge in [-0.15, -0.1) is 0 Å². The summed E-state index contributed by atoms with van der Waals surface area (Å²) in [6.45, 7) is 9.37. The van der Waals surface area contributed by atoms with Crippen LogP contribution in [0.2, 0.25) is 0 Å². The summed E-state index contributed by atoms with van der Waals surface area (Å²) in [5.41, 5.74) is 10.0. The van der Waals surface area contributed by atoms with Gasteiger partial charge in [0.15, 0.2) is 17.5 Å². The molecule has 4 aromatic carbocycles. The van der Waals surface area contributed by atoms with Crippen LogP contribution >= 0.6 is 0 Å². The van der Waals surface area contributed by atoms with E-state index in [-0.39, 0.29) is 5.41 Å². The topological polar surface area (TPSA) is 62.5 Å². The van der Waals surface area contributed by atoms with E-state index in [9.17, 15) is 5.26 Å². The highest BCUT2D eigenvalue weighted by atomic mass is 15.0. The third-order valence-corrected chi connectivity index (χ3v) is 11.1. The molecular weight excluding hydrogens is 560 g/mol. The molecule has 0 aliphatic heterocycles. The van der Waals surface area contributed by atoms with E-state index in [1.54, 1.807) is 0 Å². The van der Waals surface area contributed by atoms with Gasteiger partial charge >= 0.3 is 0 Å². The highest BCUT2D eigenvalue weighted by molar-refractivity contribution is 5.84. The van der Waals surface area contributed by atoms with Crippen LogP contribution in [-0.4, -0.2) is 15.0 Å². The Labute approximate surface area is 272 Å². The maximum atomic E-state index is 9.56. The molecule has 2 fully saturated rings. The Kier molecular flexibility index (Phi) is 6.73. The van der Waals surface area contributed by atoms with Crippen molar-refractivity contribution in [1.29, 1.82) is 5.26 Å². The summed E-state index contributed by atoms with van der Waals surface area (Å²) in [5.74, 6) is 4.45. The average molecular weight is 601 g/mol. The normalized spacial score (nSPS) is 24.1. The van der Waals surface area contributed by atoms with Crippen LogP contribution in [0.5, 0.6) is 0 Å². The summed E-state index contributed by atoms with van der Waals surface area (Å²) in [6.07, 6.45) is 6.67. The molecule has 3 aliphatic rings. The summed E-state index contributed by atoms with van der Waals surface area (Å²) < 4.78 is 0. The van der Waals surface area contributed by atoms with E-state index in [2.05, 4.69) is 94.4 Å². The monoisotopic (exact) mass is 600 g/mol. The first-order chi connectivity index (χ1) is 22.2. The molecule has 4 atom stereocenters. The quantitative estimate of drug-likeness (QED) is 0.206. The van der Waals surface area contributed by atoms with Gasteiger partial charge in [0.25, 0.3) is 0 Å². The van der Waals surface area contributed by atoms with Crippen molar-refractivity contribution in [1.82, 2.24) is 15.0 Å². The van der Waals surface area contributed by atoms with E-state index < -0.39 is 0 Å². The molecule has 1 aromatic heterocycles. The van der Waals surface area contributed by atoms with Gasteiger partial charge in [-0.25, -0.2) is 15.0 Å². The summed E-state index contributed by atoms with van der Waals surface area (Å²) in [5, 5.41) is 9.56. The molecule has 0 spiro atoms. The minimum atomic E-state index is -0.191. The Morgan fingerprint density at radius 1 is 0.630 bits per heavy atom. The molecule has 8 rings (SSSR count). The van der Waals surface area contributed by atoms with Gasteiger partial charge in [0.1, 0.15) is 0 Å². The molecular formula is C42H40N4. The number of nitriles is 1. The van der Waals surface area contributed by atoms with Crippen molar-refractivity contribution in [3.05, 3.63) is 113 Å². The largest absolute Gasteiger partial charge is 0.208 e. The van der Waals surface area contributed by atoms with Crippen LogP contribution in [0.1, 0.15) is 82.1 Å². The fraction of sp³-hybridized carbons (Fsp3) is 0.333. The van der Waals surface area contributed by atoms with Crippen LogP contribution in [0, 0.1) is 29.1 Å². The number of fused-ring (bicyclic) bond motifs is 5. The Morgan fingerprint density at radius 3 is 1.89 bits per heavy atom. The number of rotatable bonds is 4. The van der Waals surface area contributed by atoms with Gasteiger partial charge in [-0.05, 0) is 101 Å². The molecule has 4 heteroatoms. The minimum absolute atomic E-state index is 0.191. The van der Waals surface area contributed by atoms with E-state index >= 15 is 0 Å². The van der Waals surface area contributed by atoms with Crippen LogP contribution in [-0.2, 0) is 10.8 Å². The van der Waals surface area contributed by atoms with Crippen LogP contribution in [0.15, 0.2) is 91.0 Å². The number of hydrogen-bond acceptors (Lipinski definition) is 4. The zero-order valence-corrected chi connectivity index (χ0v) is 27.2. The SMILES string of the molecule is C[C@@H]1CC2C[C@H](C)CC(c3ccc(-c4nc(-c5ccccc5)nc(-c5ccc6c(c5)-c5ccc(C#N)cc5C6(C)C)n4)cc3)(C2)C1. The third-order valence-electron chi connectivity index (χ3n) is 11.1. The van der Waals surface area contributed by atoms with Gasteiger partial charge in [-0.1, -0.05) is 100 Å². The first-order valence-corrected chi connectivity index (χ1v) is 16.8. The predicted octanol–water partition coefficient (Wildman–Crippen LogP) is 10.2. The van der Waals surface area contributed by atoms with Crippen molar-refractivity contribution >= 4 is 0 Å². The van der Waals surface area contributed by atoms with E-state index in [1.165, 1.54) is 59.9 Å². The van der Waals surface area contributed by atoms with E-state index in [0.717, 1.165) is 34.4 Å². The molecule has 4 nitrogen and oxygen atoms in total.